The maximum Gasteiger partial charge on any atom is 0.272 e. The molecule has 1 heterocycles. The van der Waals surface area contributed by atoms with E-state index in [9.17, 15) is 14.9 Å². The van der Waals surface area contributed by atoms with E-state index in [1.807, 2.05) is 11.9 Å². The predicted octanol–water partition coefficient (Wildman–Crippen LogP) is 1.73. The summed E-state index contributed by atoms with van der Waals surface area (Å²) in [5.74, 6) is -0.0528. The summed E-state index contributed by atoms with van der Waals surface area (Å²) in [6.07, 6.45) is 2.04. The molecular formula is C14H19N3O3. The standard InChI is InChI=1S/C14H19N3O3/c1-10-8-11(5-6-13(10)17(19)20)14(18)16-7-3-4-12(9-16)15-2/h5-6,8,12,15H,3-4,7,9H2,1-2H3. The fourth-order valence-corrected chi connectivity index (χ4v) is 2.57. The van der Waals surface area contributed by atoms with Gasteiger partial charge in [-0.15, -0.1) is 0 Å². The fraction of sp³-hybridized carbons (Fsp3) is 0.500. The zero-order valence-corrected chi connectivity index (χ0v) is 11.8. The fourth-order valence-electron chi connectivity index (χ4n) is 2.57. The van der Waals surface area contributed by atoms with Gasteiger partial charge in [0, 0.05) is 36.3 Å². The minimum atomic E-state index is -0.429. The van der Waals surface area contributed by atoms with Gasteiger partial charge in [-0.25, -0.2) is 0 Å². The molecule has 0 aliphatic carbocycles. The van der Waals surface area contributed by atoms with Crippen LogP contribution in [0.2, 0.25) is 0 Å². The molecule has 6 heteroatoms. The molecule has 1 aromatic carbocycles. The average Bonchev–Trinajstić information content (AvgIpc) is 2.46. The van der Waals surface area contributed by atoms with Crippen molar-refractivity contribution in [3.05, 3.63) is 39.4 Å². The van der Waals surface area contributed by atoms with E-state index in [-0.39, 0.29) is 11.6 Å². The molecule has 1 aliphatic heterocycles. The van der Waals surface area contributed by atoms with E-state index >= 15 is 0 Å². The lowest BCUT2D eigenvalue weighted by atomic mass is 10.0. The predicted molar refractivity (Wildman–Crippen MR) is 75.8 cm³/mol. The number of carbonyl (C=O) groups is 1. The molecule has 1 unspecified atom stereocenters. The summed E-state index contributed by atoms with van der Waals surface area (Å²) in [6, 6.07) is 4.87. The molecule has 1 aromatic rings. The van der Waals surface area contributed by atoms with E-state index in [2.05, 4.69) is 5.32 Å². The van der Waals surface area contributed by atoms with Crippen molar-refractivity contribution in [2.75, 3.05) is 20.1 Å². The molecule has 0 aromatic heterocycles. The van der Waals surface area contributed by atoms with Gasteiger partial charge in [0.1, 0.15) is 0 Å². The number of likely N-dealkylation sites (tertiary alicyclic amines) is 1. The van der Waals surface area contributed by atoms with Crippen LogP contribution in [0, 0.1) is 17.0 Å². The zero-order valence-electron chi connectivity index (χ0n) is 11.8. The van der Waals surface area contributed by atoms with Crippen LogP contribution in [-0.4, -0.2) is 41.9 Å². The molecule has 1 amide bonds. The number of hydrogen-bond donors (Lipinski definition) is 1. The summed E-state index contributed by atoms with van der Waals surface area (Å²) >= 11 is 0. The minimum Gasteiger partial charge on any atom is -0.337 e. The first-order valence-electron chi connectivity index (χ1n) is 6.74. The van der Waals surface area contributed by atoms with Crippen LogP contribution in [0.15, 0.2) is 18.2 Å². The van der Waals surface area contributed by atoms with Gasteiger partial charge in [-0.05, 0) is 38.9 Å². The summed E-state index contributed by atoms with van der Waals surface area (Å²) in [6.45, 7) is 3.08. The number of piperidine rings is 1. The second-order valence-corrected chi connectivity index (χ2v) is 5.14. The van der Waals surface area contributed by atoms with E-state index in [0.717, 1.165) is 19.4 Å². The summed E-state index contributed by atoms with van der Waals surface area (Å²) in [5, 5.41) is 14.0. The maximum atomic E-state index is 12.4. The van der Waals surface area contributed by atoms with Crippen LogP contribution in [-0.2, 0) is 0 Å². The zero-order chi connectivity index (χ0) is 14.7. The van der Waals surface area contributed by atoms with Gasteiger partial charge in [-0.2, -0.15) is 0 Å². The van der Waals surface area contributed by atoms with Gasteiger partial charge in [0.25, 0.3) is 11.6 Å². The number of aryl methyl sites for hydroxylation is 1. The highest BCUT2D eigenvalue weighted by molar-refractivity contribution is 5.94. The van der Waals surface area contributed by atoms with Crippen LogP contribution in [0.1, 0.15) is 28.8 Å². The van der Waals surface area contributed by atoms with Crippen molar-refractivity contribution in [1.29, 1.82) is 0 Å². The Morgan fingerprint density at radius 2 is 2.25 bits per heavy atom. The molecule has 1 aliphatic rings. The van der Waals surface area contributed by atoms with E-state index in [4.69, 9.17) is 0 Å². The van der Waals surface area contributed by atoms with Gasteiger partial charge in [0.15, 0.2) is 0 Å². The molecule has 2 rings (SSSR count). The number of nitrogens with one attached hydrogen (secondary N) is 1. The Morgan fingerprint density at radius 1 is 1.50 bits per heavy atom. The van der Waals surface area contributed by atoms with Gasteiger partial charge >= 0.3 is 0 Å². The lowest BCUT2D eigenvalue weighted by Crippen LogP contribution is -2.46. The molecule has 0 saturated carbocycles. The number of benzene rings is 1. The minimum absolute atomic E-state index is 0.0493. The highest BCUT2D eigenvalue weighted by atomic mass is 16.6. The average molecular weight is 277 g/mol. The van der Waals surface area contributed by atoms with Crippen LogP contribution in [0.3, 0.4) is 0 Å². The van der Waals surface area contributed by atoms with E-state index < -0.39 is 4.92 Å². The number of nitrogens with zero attached hydrogens (tertiary/aromatic N) is 2. The maximum absolute atomic E-state index is 12.4. The monoisotopic (exact) mass is 277 g/mol. The van der Waals surface area contributed by atoms with Gasteiger partial charge in [0.05, 0.1) is 4.92 Å². The van der Waals surface area contributed by atoms with Gasteiger partial charge in [0.2, 0.25) is 0 Å². The van der Waals surface area contributed by atoms with Crippen molar-refractivity contribution < 1.29 is 9.72 Å². The molecule has 0 radical (unpaired) electrons. The summed E-state index contributed by atoms with van der Waals surface area (Å²) in [7, 11) is 1.90. The van der Waals surface area contributed by atoms with Gasteiger partial charge in [-0.3, -0.25) is 14.9 Å². The summed E-state index contributed by atoms with van der Waals surface area (Å²) in [4.78, 5) is 24.6. The van der Waals surface area contributed by atoms with Crippen molar-refractivity contribution >= 4 is 11.6 Å². The Morgan fingerprint density at radius 3 is 2.85 bits per heavy atom. The quantitative estimate of drug-likeness (QED) is 0.674. The SMILES string of the molecule is CNC1CCCN(C(=O)c2ccc([N+](=O)[O-])c(C)c2)C1. The summed E-state index contributed by atoms with van der Waals surface area (Å²) in [5.41, 5.74) is 1.08. The number of nitro groups is 1. The molecule has 0 bridgehead atoms. The van der Waals surface area contributed by atoms with Crippen molar-refractivity contribution in [3.8, 4) is 0 Å². The molecule has 108 valence electrons. The van der Waals surface area contributed by atoms with Gasteiger partial charge < -0.3 is 10.2 Å². The molecule has 6 nitrogen and oxygen atoms in total. The molecule has 1 saturated heterocycles. The number of amides is 1. The molecular weight excluding hydrogens is 258 g/mol. The first-order valence-corrected chi connectivity index (χ1v) is 6.74. The number of hydrogen-bond acceptors (Lipinski definition) is 4. The van der Waals surface area contributed by atoms with Crippen LogP contribution in [0.4, 0.5) is 5.69 Å². The van der Waals surface area contributed by atoms with Crippen molar-refractivity contribution in [3.63, 3.8) is 0 Å². The third-order valence-electron chi connectivity index (χ3n) is 3.76. The molecule has 20 heavy (non-hydrogen) atoms. The highest BCUT2D eigenvalue weighted by Gasteiger charge is 2.24. The van der Waals surface area contributed by atoms with Crippen molar-refractivity contribution in [2.45, 2.75) is 25.8 Å². The lowest BCUT2D eigenvalue weighted by Gasteiger charge is -2.32. The van der Waals surface area contributed by atoms with E-state index in [1.54, 1.807) is 13.0 Å². The van der Waals surface area contributed by atoms with E-state index in [1.165, 1.54) is 12.1 Å². The smallest absolute Gasteiger partial charge is 0.272 e. The number of nitro benzene ring substituents is 1. The first-order chi connectivity index (χ1) is 9.52. The largest absolute Gasteiger partial charge is 0.337 e. The van der Waals surface area contributed by atoms with Crippen LogP contribution in [0.5, 0.6) is 0 Å². The second-order valence-electron chi connectivity index (χ2n) is 5.14. The molecule has 1 fully saturated rings. The Kier molecular flexibility index (Phi) is 4.34. The van der Waals surface area contributed by atoms with Crippen LogP contribution >= 0.6 is 0 Å². The third kappa shape index (κ3) is 2.96. The lowest BCUT2D eigenvalue weighted by molar-refractivity contribution is -0.385. The Labute approximate surface area is 117 Å². The highest BCUT2D eigenvalue weighted by Crippen LogP contribution is 2.21. The number of likely N-dealkylation sites (N-methyl/N-ethyl adjacent to an activating group) is 1. The first kappa shape index (κ1) is 14.5. The van der Waals surface area contributed by atoms with Gasteiger partial charge in [-0.1, -0.05) is 0 Å². The number of carbonyl (C=O) groups excluding carboxylic acids is 1. The second kappa shape index (κ2) is 6.00. The van der Waals surface area contributed by atoms with Crippen LogP contribution < -0.4 is 5.32 Å². The van der Waals surface area contributed by atoms with E-state index in [0.29, 0.717) is 23.7 Å². The summed E-state index contributed by atoms with van der Waals surface area (Å²) < 4.78 is 0. The topological polar surface area (TPSA) is 75.5 Å². The Balaban J connectivity index is 2.17. The molecule has 1 N–H and O–H groups in total. The normalized spacial score (nSPS) is 18.9. The molecule has 1 atom stereocenters. The van der Waals surface area contributed by atoms with Crippen molar-refractivity contribution in [1.82, 2.24) is 10.2 Å². The molecule has 0 spiro atoms. The number of rotatable bonds is 3. The van der Waals surface area contributed by atoms with Crippen molar-refractivity contribution in [2.24, 2.45) is 0 Å². The Hall–Kier alpha value is -1.95. The third-order valence-corrected chi connectivity index (χ3v) is 3.76. The van der Waals surface area contributed by atoms with Crippen LogP contribution in [0.25, 0.3) is 0 Å². The Bertz CT molecular complexity index is 530.